The van der Waals surface area contributed by atoms with E-state index in [0.29, 0.717) is 0 Å². The highest BCUT2D eigenvalue weighted by molar-refractivity contribution is 5.85. The number of nitrogens with zero attached hydrogens (tertiary/aromatic N) is 3. The molecule has 0 unspecified atom stereocenters. The van der Waals surface area contributed by atoms with E-state index in [-0.39, 0.29) is 18.4 Å². The van der Waals surface area contributed by atoms with E-state index in [1.165, 1.54) is 32.1 Å². The van der Waals surface area contributed by atoms with Crippen molar-refractivity contribution in [2.45, 2.75) is 19.4 Å². The number of halogens is 1. The number of likely N-dealkylation sites (tertiary alicyclic amines) is 1. The van der Waals surface area contributed by atoms with Gasteiger partial charge >= 0.3 is 0 Å². The molecule has 0 N–H and O–H groups in total. The molecule has 0 saturated carbocycles. The lowest BCUT2D eigenvalue weighted by Gasteiger charge is -2.09. The van der Waals surface area contributed by atoms with Crippen LogP contribution in [0.1, 0.15) is 12.8 Å². The van der Waals surface area contributed by atoms with Crippen LogP contribution in [0.15, 0.2) is 10.7 Å². The standard InChI is InChI=1S/C8H13N3O2.ClH/c12-8-7-11(9-13-8)6-5-10-3-1-2-4-10;/h7H,1-6H2;1H. The number of hydrogen-bond acceptors (Lipinski definition) is 4. The first-order valence-electron chi connectivity index (χ1n) is 4.60. The average Bonchev–Trinajstić information content (AvgIpc) is 2.71. The zero-order valence-corrected chi connectivity index (χ0v) is 8.70. The van der Waals surface area contributed by atoms with Gasteiger partial charge in [0.1, 0.15) is 5.95 Å². The molecule has 1 fully saturated rings. The molecule has 5 nitrogen and oxygen atoms in total. The molecule has 1 aliphatic heterocycles. The lowest BCUT2D eigenvalue weighted by atomic mass is 10.4. The summed E-state index contributed by atoms with van der Waals surface area (Å²) in [5.41, 5.74) is 0. The molecule has 1 aliphatic rings. The molecule has 6 heteroatoms. The summed E-state index contributed by atoms with van der Waals surface area (Å²) in [7, 11) is 0. The van der Waals surface area contributed by atoms with Gasteiger partial charge in [0, 0.05) is 0 Å². The Hall–Kier alpha value is -0.810. The van der Waals surface area contributed by atoms with Crippen molar-refractivity contribution in [1.29, 1.82) is 0 Å². The number of hydrogen-bond donors (Lipinski definition) is 0. The number of aromatic nitrogens is 2. The Morgan fingerprint density at radius 1 is 1.50 bits per heavy atom. The first-order valence-corrected chi connectivity index (χ1v) is 4.60. The van der Waals surface area contributed by atoms with Crippen molar-refractivity contribution >= 4 is 12.4 Å². The molecule has 14 heavy (non-hydrogen) atoms. The van der Waals surface area contributed by atoms with Crippen molar-refractivity contribution in [2.75, 3.05) is 19.6 Å². The van der Waals surface area contributed by atoms with E-state index < -0.39 is 0 Å². The average molecular weight is 220 g/mol. The summed E-state index contributed by atoms with van der Waals surface area (Å²) in [6.45, 7) is 4.04. The van der Waals surface area contributed by atoms with Gasteiger partial charge < -0.3 is 9.63 Å². The van der Waals surface area contributed by atoms with Crippen molar-refractivity contribution in [2.24, 2.45) is 0 Å². The van der Waals surface area contributed by atoms with E-state index in [2.05, 4.69) is 14.7 Å². The highest BCUT2D eigenvalue weighted by atomic mass is 35.5. The molecule has 2 heterocycles. The predicted molar refractivity (Wildman–Crippen MR) is 49.1 cm³/mol. The van der Waals surface area contributed by atoms with Gasteiger partial charge in [0.2, 0.25) is 6.20 Å². The molecule has 1 saturated heterocycles. The van der Waals surface area contributed by atoms with Gasteiger partial charge in [-0.05, 0) is 25.9 Å². The van der Waals surface area contributed by atoms with Crippen LogP contribution in [-0.4, -0.2) is 29.8 Å². The monoisotopic (exact) mass is 219 g/mol. The molecule has 0 aromatic carbocycles. The van der Waals surface area contributed by atoms with Crippen molar-refractivity contribution in [3.63, 3.8) is 0 Å². The molecule has 1 aromatic rings. The van der Waals surface area contributed by atoms with Gasteiger partial charge in [-0.2, -0.15) is 0 Å². The molecular formula is C8H14ClN3O2. The summed E-state index contributed by atoms with van der Waals surface area (Å²) in [6.07, 6.45) is 3.96. The first-order chi connectivity index (χ1) is 6.34. The van der Waals surface area contributed by atoms with Gasteiger partial charge in [0.15, 0.2) is 6.54 Å². The minimum atomic E-state index is -0.374. The van der Waals surface area contributed by atoms with Crippen molar-refractivity contribution in [3.05, 3.63) is 6.20 Å². The third kappa shape index (κ3) is 2.85. The molecule has 0 radical (unpaired) electrons. The molecule has 0 bridgehead atoms. The SMILES string of the molecule is Cl.[O-]c1c[n+](CCN2CCCC2)no1. The fraction of sp³-hybridized carbons (Fsp3) is 0.750. The molecule has 2 rings (SSSR count). The Kier molecular flexibility index (Phi) is 4.16. The summed E-state index contributed by atoms with van der Waals surface area (Å²) in [5, 5.41) is 14.2. The Labute approximate surface area is 88.7 Å². The Morgan fingerprint density at radius 3 is 2.79 bits per heavy atom. The second kappa shape index (κ2) is 5.17. The zero-order chi connectivity index (χ0) is 9.10. The van der Waals surface area contributed by atoms with E-state index in [1.807, 2.05) is 0 Å². The smallest absolute Gasteiger partial charge is 0.221 e. The molecule has 0 aliphatic carbocycles. The topological polar surface area (TPSA) is 56.2 Å². The van der Waals surface area contributed by atoms with Crippen LogP contribution in [0, 0.1) is 0 Å². The molecule has 0 atom stereocenters. The van der Waals surface area contributed by atoms with Gasteiger partial charge in [0.25, 0.3) is 0 Å². The van der Waals surface area contributed by atoms with Gasteiger partial charge in [-0.3, -0.25) is 4.90 Å². The van der Waals surface area contributed by atoms with Crippen LogP contribution in [0.4, 0.5) is 0 Å². The molecule has 0 spiro atoms. The Balaban J connectivity index is 0.000000980. The second-order valence-electron chi connectivity index (χ2n) is 3.33. The third-order valence-corrected chi connectivity index (χ3v) is 2.33. The maximum atomic E-state index is 10.6. The van der Waals surface area contributed by atoms with Crippen molar-refractivity contribution in [3.8, 4) is 5.95 Å². The Bertz CT molecular complexity index is 273. The minimum Gasteiger partial charge on any atom is -0.539 e. The minimum absolute atomic E-state index is 0. The van der Waals surface area contributed by atoms with E-state index in [9.17, 15) is 5.11 Å². The van der Waals surface area contributed by atoms with Crippen LogP contribution in [0.25, 0.3) is 0 Å². The van der Waals surface area contributed by atoms with Crippen LogP contribution < -0.4 is 9.79 Å². The summed E-state index contributed by atoms with van der Waals surface area (Å²) in [6, 6.07) is 0. The molecular weight excluding hydrogens is 206 g/mol. The summed E-state index contributed by atoms with van der Waals surface area (Å²) in [4.78, 5) is 2.37. The normalized spacial score (nSPS) is 16.9. The lowest BCUT2D eigenvalue weighted by molar-refractivity contribution is -0.761. The van der Waals surface area contributed by atoms with Crippen LogP contribution in [0.5, 0.6) is 5.95 Å². The van der Waals surface area contributed by atoms with E-state index in [4.69, 9.17) is 0 Å². The van der Waals surface area contributed by atoms with E-state index >= 15 is 0 Å². The van der Waals surface area contributed by atoms with Gasteiger partial charge in [0.05, 0.1) is 11.8 Å². The maximum Gasteiger partial charge on any atom is 0.221 e. The largest absolute Gasteiger partial charge is 0.539 e. The second-order valence-corrected chi connectivity index (χ2v) is 3.33. The summed E-state index contributed by atoms with van der Waals surface area (Å²) < 4.78 is 5.97. The molecule has 1 aromatic heterocycles. The van der Waals surface area contributed by atoms with Crippen molar-refractivity contribution in [1.82, 2.24) is 10.2 Å². The predicted octanol–water partition coefficient (Wildman–Crippen LogP) is -0.447. The maximum absolute atomic E-state index is 10.6. The summed E-state index contributed by atoms with van der Waals surface area (Å²) >= 11 is 0. The highest BCUT2D eigenvalue weighted by Gasteiger charge is 2.13. The zero-order valence-electron chi connectivity index (χ0n) is 7.89. The molecule has 80 valence electrons. The van der Waals surface area contributed by atoms with Crippen LogP contribution in [0.3, 0.4) is 0 Å². The van der Waals surface area contributed by atoms with Gasteiger partial charge in [-0.25, -0.2) is 0 Å². The fourth-order valence-corrected chi connectivity index (χ4v) is 1.62. The first kappa shape index (κ1) is 11.3. The van der Waals surface area contributed by atoms with Crippen LogP contribution in [0.2, 0.25) is 0 Å². The van der Waals surface area contributed by atoms with Crippen LogP contribution in [-0.2, 0) is 6.54 Å². The van der Waals surface area contributed by atoms with Crippen molar-refractivity contribution < 1.29 is 14.3 Å². The summed E-state index contributed by atoms with van der Waals surface area (Å²) in [5.74, 6) is -0.374. The Morgan fingerprint density at radius 2 is 2.21 bits per heavy atom. The van der Waals surface area contributed by atoms with Crippen LogP contribution >= 0.6 is 12.4 Å². The lowest BCUT2D eigenvalue weighted by Crippen LogP contribution is -2.40. The third-order valence-electron chi connectivity index (χ3n) is 2.33. The molecule has 0 amide bonds. The number of rotatable bonds is 3. The van der Waals surface area contributed by atoms with Gasteiger partial charge in [-0.1, -0.05) is 4.68 Å². The quantitative estimate of drug-likeness (QED) is 0.647. The van der Waals surface area contributed by atoms with E-state index in [1.54, 1.807) is 4.68 Å². The van der Waals surface area contributed by atoms with Gasteiger partial charge in [-0.15, -0.1) is 12.4 Å². The van der Waals surface area contributed by atoms with E-state index in [0.717, 1.165) is 13.1 Å². The highest BCUT2D eigenvalue weighted by Crippen LogP contribution is 2.05. The fourth-order valence-electron chi connectivity index (χ4n) is 1.62.